The minimum Gasteiger partial charge on any atom is -0.345 e. The van der Waals surface area contributed by atoms with Crippen LogP contribution in [-0.4, -0.2) is 48.5 Å². The van der Waals surface area contributed by atoms with Crippen molar-refractivity contribution < 1.29 is 0 Å². The van der Waals surface area contributed by atoms with Gasteiger partial charge in [-0.25, -0.2) is 0 Å². The summed E-state index contributed by atoms with van der Waals surface area (Å²) < 4.78 is 0. The van der Waals surface area contributed by atoms with Gasteiger partial charge in [-0.2, -0.15) is 0 Å². The molecule has 0 aromatic rings. The Morgan fingerprint density at radius 1 is 1.33 bits per heavy atom. The lowest BCUT2D eigenvalue weighted by Gasteiger charge is -2.23. The molecular weight excluding hydrogens is 190 g/mol. The van der Waals surface area contributed by atoms with Crippen molar-refractivity contribution in [1.82, 2.24) is 4.98 Å². The van der Waals surface area contributed by atoms with Gasteiger partial charge in [0.2, 0.25) is 0 Å². The van der Waals surface area contributed by atoms with Crippen LogP contribution >= 0.6 is 0 Å². The molecule has 1 heterocycles. The average Bonchev–Trinajstić information content (AvgIpc) is 2.36. The minimum atomic E-state index is -0.429. The van der Waals surface area contributed by atoms with E-state index in [1.54, 1.807) is 6.04 Å². The van der Waals surface area contributed by atoms with Crippen LogP contribution in [0.15, 0.2) is 0 Å². The summed E-state index contributed by atoms with van der Waals surface area (Å²) >= 11 is 0. The maximum atomic E-state index is 3.76. The fourth-order valence-electron chi connectivity index (χ4n) is 1.83. The van der Waals surface area contributed by atoms with E-state index >= 15 is 0 Å². The van der Waals surface area contributed by atoms with Crippen LogP contribution in [0.25, 0.3) is 0 Å². The highest BCUT2D eigenvalue weighted by Gasteiger charge is 2.33. The maximum absolute atomic E-state index is 3.76. The molecule has 6 heteroatoms. The predicted molar refractivity (Wildman–Crippen MR) is 59.5 cm³/mol. The third-order valence-corrected chi connectivity index (χ3v) is 103. The van der Waals surface area contributed by atoms with Crippen LogP contribution < -0.4 is 4.98 Å². The molecule has 1 saturated heterocycles. The summed E-state index contributed by atoms with van der Waals surface area (Å²) in [7, 11) is 4.63. The molecule has 1 nitrogen and oxygen atoms in total. The van der Waals surface area contributed by atoms with Crippen molar-refractivity contribution in [2.45, 2.75) is 13.0 Å². The van der Waals surface area contributed by atoms with E-state index in [1.807, 2.05) is 0 Å². The Labute approximate surface area is 66.7 Å². The molecule has 54 valence electrons. The molecule has 0 amide bonds. The van der Waals surface area contributed by atoms with Gasteiger partial charge in [0.1, 0.15) is 0 Å². The van der Waals surface area contributed by atoms with E-state index in [0.717, 1.165) is 17.1 Å². The molecule has 1 aliphatic heterocycles. The second-order valence-corrected chi connectivity index (χ2v) is 49.4. The van der Waals surface area contributed by atoms with E-state index in [2.05, 4.69) is 19.0 Å². The highest BCUT2D eigenvalue weighted by atomic mass is 30.1. The van der Waals surface area contributed by atoms with Crippen molar-refractivity contribution in [2.24, 2.45) is 0 Å². The average molecular weight is 208 g/mol. The highest BCUT2D eigenvalue weighted by molar-refractivity contribution is 7.85. The Hall–Kier alpha value is 1.04. The zero-order valence-corrected chi connectivity index (χ0v) is 13.2. The van der Waals surface area contributed by atoms with Gasteiger partial charge in [-0.05, 0) is 24.2 Å². The van der Waals surface area contributed by atoms with Crippen LogP contribution in [0.2, 0.25) is 6.04 Å². The van der Waals surface area contributed by atoms with E-state index in [1.165, 1.54) is 0 Å². The highest BCUT2D eigenvalue weighted by Crippen LogP contribution is 2.03. The molecule has 1 fully saturated rings. The molecule has 0 unspecified atom stereocenters. The third-order valence-electron chi connectivity index (χ3n) is 2.77. The first-order chi connectivity index (χ1) is 4.33. The summed E-state index contributed by atoms with van der Waals surface area (Å²) in [4.78, 5) is 3.76. The maximum Gasteiger partial charge on any atom is 0.0846 e. The molecule has 9 heavy (non-hydrogen) atoms. The summed E-state index contributed by atoms with van der Waals surface area (Å²) in [5.74, 6) is 0. The normalized spacial score (nSPS) is 46.0. The summed E-state index contributed by atoms with van der Waals surface area (Å²) in [6.45, 7) is 2.46. The van der Waals surface area contributed by atoms with E-state index in [9.17, 15) is 0 Å². The number of nitrogens with one attached hydrogen (secondary N) is 1. The van der Waals surface area contributed by atoms with Gasteiger partial charge < -0.3 is 4.98 Å². The standard InChI is InChI=1S/C3H17NSi5/c1-3-9(4-2)7-5-6-8-9/h4H,3,5-8H2,1-2H3. The van der Waals surface area contributed by atoms with Gasteiger partial charge in [-0.15, -0.1) is 0 Å². The molecule has 0 atom stereocenters. The van der Waals surface area contributed by atoms with Crippen molar-refractivity contribution in [1.29, 1.82) is 0 Å². The fourth-order valence-corrected chi connectivity index (χ4v) is 203. The monoisotopic (exact) mass is 207 g/mol. The van der Waals surface area contributed by atoms with E-state index in [-0.39, 0.29) is 0 Å². The topological polar surface area (TPSA) is 12.0 Å². The lowest BCUT2D eigenvalue weighted by atomic mass is 11.0. The van der Waals surface area contributed by atoms with Crippen LogP contribution in [0.3, 0.4) is 0 Å². The van der Waals surface area contributed by atoms with Gasteiger partial charge in [0.15, 0.2) is 0 Å². The van der Waals surface area contributed by atoms with Crippen LogP contribution in [0.1, 0.15) is 6.92 Å². The molecule has 1 aliphatic rings. The Kier molecular flexibility index (Phi) is 3.11. The number of rotatable bonds is 2. The molecule has 1 rings (SSSR count). The van der Waals surface area contributed by atoms with Crippen molar-refractivity contribution in [3.8, 4) is 0 Å². The van der Waals surface area contributed by atoms with Crippen LogP contribution in [0.4, 0.5) is 0 Å². The van der Waals surface area contributed by atoms with E-state index < -0.39 is 7.27 Å². The summed E-state index contributed by atoms with van der Waals surface area (Å²) in [6, 6.07) is 1.63. The second-order valence-electron chi connectivity index (χ2n) is 3.09. The van der Waals surface area contributed by atoms with Gasteiger partial charge in [-0.3, -0.25) is 0 Å². The first-order valence-electron chi connectivity index (χ1n) is 4.02. The first kappa shape index (κ1) is 8.14. The summed E-state index contributed by atoms with van der Waals surface area (Å²) in [5.41, 5.74) is 0. The van der Waals surface area contributed by atoms with E-state index in [0.29, 0.717) is 17.1 Å². The Bertz CT molecular complexity index is 84.2. The summed E-state index contributed by atoms with van der Waals surface area (Å²) in [6.07, 6.45) is 0. The largest absolute Gasteiger partial charge is 0.345 e. The Morgan fingerprint density at radius 3 is 2.11 bits per heavy atom. The molecule has 0 bridgehead atoms. The van der Waals surface area contributed by atoms with Crippen molar-refractivity contribution in [3.63, 3.8) is 0 Å². The number of hydrogen-bond acceptors (Lipinski definition) is 1. The van der Waals surface area contributed by atoms with Crippen molar-refractivity contribution >= 4 is 41.5 Å². The van der Waals surface area contributed by atoms with Crippen LogP contribution in [0.5, 0.6) is 0 Å². The lowest BCUT2D eigenvalue weighted by molar-refractivity contribution is 1.18. The second kappa shape index (κ2) is 3.44. The van der Waals surface area contributed by atoms with Gasteiger partial charge in [-0.1, -0.05) is 13.0 Å². The van der Waals surface area contributed by atoms with E-state index in [4.69, 9.17) is 0 Å². The molecule has 0 saturated carbocycles. The Morgan fingerprint density at radius 2 is 1.89 bits per heavy atom. The molecular formula is C3H17NSi5. The SMILES string of the molecule is CC[Si]1(NC)[SiH2][SiH2][SiH2][SiH2]1. The quantitative estimate of drug-likeness (QED) is 0.466. The first-order valence-corrected chi connectivity index (χ1v) is 22.9. The number of hydrogen-bond donors (Lipinski definition) is 1. The van der Waals surface area contributed by atoms with Crippen molar-refractivity contribution in [2.75, 3.05) is 7.05 Å². The molecule has 1 N–H and O–H groups in total. The minimum absolute atomic E-state index is 0.429. The zero-order chi connectivity index (χ0) is 6.74. The van der Waals surface area contributed by atoms with Crippen LogP contribution in [-0.2, 0) is 0 Å². The third kappa shape index (κ3) is 1.74. The Balaban J connectivity index is 2.45. The van der Waals surface area contributed by atoms with Gasteiger partial charge in [0, 0.05) is 17.1 Å². The molecule has 0 spiro atoms. The fraction of sp³-hybridized carbons (Fsp3) is 1.00. The molecule has 0 aromatic carbocycles. The van der Waals surface area contributed by atoms with Crippen LogP contribution in [0, 0.1) is 0 Å². The molecule has 0 aliphatic carbocycles. The smallest absolute Gasteiger partial charge is 0.0846 e. The van der Waals surface area contributed by atoms with Gasteiger partial charge in [0.25, 0.3) is 0 Å². The lowest BCUT2D eigenvalue weighted by Crippen LogP contribution is -2.56. The van der Waals surface area contributed by atoms with Gasteiger partial charge >= 0.3 is 0 Å². The predicted octanol–water partition coefficient (Wildman–Crippen LogP) is -3.40. The summed E-state index contributed by atoms with van der Waals surface area (Å²) in [5, 5.41) is 0. The molecule has 0 aromatic heterocycles. The zero-order valence-electron chi connectivity index (χ0n) is 6.54. The van der Waals surface area contributed by atoms with Gasteiger partial charge in [0.05, 0.1) is 7.27 Å². The molecule has 0 radical (unpaired) electrons. The van der Waals surface area contributed by atoms with Crippen molar-refractivity contribution in [3.05, 3.63) is 0 Å².